The van der Waals surface area contributed by atoms with Crippen molar-refractivity contribution in [3.63, 3.8) is 0 Å². The minimum Gasteiger partial charge on any atom is -0.337 e. The summed E-state index contributed by atoms with van der Waals surface area (Å²) in [7, 11) is 0. The highest BCUT2D eigenvalue weighted by molar-refractivity contribution is 6.07. The molecule has 6 nitrogen and oxygen atoms in total. The molecule has 3 rings (SSSR count). The molecule has 0 spiro atoms. The van der Waals surface area contributed by atoms with E-state index in [2.05, 4.69) is 34.5 Å². The first kappa shape index (κ1) is 23.2. The van der Waals surface area contributed by atoms with E-state index < -0.39 is 0 Å². The van der Waals surface area contributed by atoms with Gasteiger partial charge in [-0.25, -0.2) is 0 Å². The Morgan fingerprint density at radius 2 is 1.56 bits per heavy atom. The van der Waals surface area contributed by atoms with Gasteiger partial charge in [0.15, 0.2) is 5.78 Å². The number of hydrogen-bond acceptors (Lipinski definition) is 4. The molecule has 1 aliphatic heterocycles. The average molecular weight is 432 g/mol. The van der Waals surface area contributed by atoms with Crippen LogP contribution in [0.5, 0.6) is 0 Å². The Hall–Kier alpha value is -3.51. The molecule has 2 amide bonds. The zero-order valence-corrected chi connectivity index (χ0v) is 18.6. The van der Waals surface area contributed by atoms with Crippen LogP contribution in [0, 0.1) is 0 Å². The van der Waals surface area contributed by atoms with Gasteiger partial charge in [-0.2, -0.15) is 0 Å². The Kier molecular flexibility index (Phi) is 8.11. The van der Waals surface area contributed by atoms with Gasteiger partial charge in [-0.05, 0) is 43.7 Å². The third kappa shape index (κ3) is 6.75. The zero-order chi connectivity index (χ0) is 22.9. The fourth-order valence-corrected chi connectivity index (χ4v) is 3.41. The fraction of sp³-hybridized carbons (Fsp3) is 0.269. The molecule has 166 valence electrons. The molecule has 6 heteroatoms. The van der Waals surface area contributed by atoms with Crippen molar-refractivity contribution in [1.82, 2.24) is 9.80 Å². The van der Waals surface area contributed by atoms with Crippen molar-refractivity contribution in [2.24, 2.45) is 0 Å². The molecule has 0 atom stereocenters. The minimum atomic E-state index is -0.335. The number of nitrogens with zero attached hydrogens (tertiary/aromatic N) is 2. The van der Waals surface area contributed by atoms with Crippen molar-refractivity contribution in [2.45, 2.75) is 13.8 Å². The number of ketones is 1. The van der Waals surface area contributed by atoms with Crippen LogP contribution >= 0.6 is 0 Å². The predicted molar refractivity (Wildman–Crippen MR) is 127 cm³/mol. The third-order valence-electron chi connectivity index (χ3n) is 5.40. The Morgan fingerprint density at radius 3 is 2.19 bits per heavy atom. The van der Waals surface area contributed by atoms with Gasteiger partial charge in [-0.15, -0.1) is 0 Å². The molecule has 0 saturated carbocycles. The van der Waals surface area contributed by atoms with Gasteiger partial charge in [0, 0.05) is 55.6 Å². The Balaban J connectivity index is 1.46. The number of carbonyl (C=O) groups is 3. The monoisotopic (exact) mass is 431 g/mol. The maximum absolute atomic E-state index is 12.6. The first-order valence-corrected chi connectivity index (χ1v) is 10.8. The summed E-state index contributed by atoms with van der Waals surface area (Å²) in [5.74, 6) is -0.514. The van der Waals surface area contributed by atoms with Crippen molar-refractivity contribution in [3.8, 4) is 0 Å². The zero-order valence-electron chi connectivity index (χ0n) is 18.6. The number of nitrogens with one attached hydrogen (secondary N) is 1. The molecule has 1 aliphatic rings. The number of carbonyl (C=O) groups excluding carboxylic acids is 3. The smallest absolute Gasteiger partial charge is 0.251 e. The lowest BCUT2D eigenvalue weighted by atomic mass is 10.1. The Morgan fingerprint density at radius 1 is 0.906 bits per heavy atom. The summed E-state index contributed by atoms with van der Waals surface area (Å²) in [6.07, 6.45) is 5.64. The predicted octanol–water partition coefficient (Wildman–Crippen LogP) is 3.63. The first-order valence-electron chi connectivity index (χ1n) is 10.8. The van der Waals surface area contributed by atoms with Gasteiger partial charge in [0.05, 0.1) is 0 Å². The number of Topliss-reactive ketones (excluding diaryl/α,β-unsaturated/α-hetero) is 1. The summed E-state index contributed by atoms with van der Waals surface area (Å²) in [4.78, 5) is 40.4. The summed E-state index contributed by atoms with van der Waals surface area (Å²) >= 11 is 0. The molecular weight excluding hydrogens is 402 g/mol. The number of benzene rings is 2. The van der Waals surface area contributed by atoms with Gasteiger partial charge in [0.2, 0.25) is 5.91 Å². The minimum absolute atomic E-state index is 0.0307. The molecule has 0 radical (unpaired) electrons. The van der Waals surface area contributed by atoms with E-state index in [1.165, 1.54) is 18.6 Å². The molecule has 1 saturated heterocycles. The third-order valence-corrected chi connectivity index (χ3v) is 5.40. The van der Waals surface area contributed by atoms with Gasteiger partial charge < -0.3 is 10.2 Å². The van der Waals surface area contributed by atoms with E-state index in [4.69, 9.17) is 0 Å². The highest BCUT2D eigenvalue weighted by Gasteiger charge is 2.20. The molecule has 1 heterocycles. The molecule has 1 N–H and O–H groups in total. The van der Waals surface area contributed by atoms with Gasteiger partial charge in [-0.3, -0.25) is 19.3 Å². The Bertz CT molecular complexity index is 1000. The van der Waals surface area contributed by atoms with Crippen molar-refractivity contribution in [2.75, 3.05) is 38.0 Å². The topological polar surface area (TPSA) is 69.7 Å². The first-order chi connectivity index (χ1) is 15.4. The molecule has 2 aromatic rings. The van der Waals surface area contributed by atoms with Crippen molar-refractivity contribution < 1.29 is 14.4 Å². The average Bonchev–Trinajstić information content (AvgIpc) is 2.80. The normalized spacial score (nSPS) is 15.1. The Labute approximate surface area is 189 Å². The fourth-order valence-electron chi connectivity index (χ4n) is 3.41. The van der Waals surface area contributed by atoms with Crippen molar-refractivity contribution >= 4 is 29.4 Å². The second-order valence-corrected chi connectivity index (χ2v) is 7.85. The van der Waals surface area contributed by atoms with Crippen LogP contribution in [0.3, 0.4) is 0 Å². The lowest BCUT2D eigenvalue weighted by molar-refractivity contribution is -0.128. The largest absolute Gasteiger partial charge is 0.337 e. The molecular formula is C26H29N3O3. The quantitative estimate of drug-likeness (QED) is 0.537. The second kappa shape index (κ2) is 11.2. The summed E-state index contributed by atoms with van der Waals surface area (Å²) in [5.41, 5.74) is 2.69. The van der Waals surface area contributed by atoms with Crippen LogP contribution in [0.15, 0.2) is 72.3 Å². The van der Waals surface area contributed by atoms with Crippen LogP contribution in [0.25, 0.3) is 6.08 Å². The molecule has 0 aromatic heterocycles. The van der Waals surface area contributed by atoms with Gasteiger partial charge in [0.25, 0.3) is 5.91 Å². The number of piperazine rings is 1. The molecule has 2 aromatic carbocycles. The number of anilines is 1. The van der Waals surface area contributed by atoms with Gasteiger partial charge in [-0.1, -0.05) is 42.5 Å². The maximum atomic E-state index is 12.6. The maximum Gasteiger partial charge on any atom is 0.251 e. The molecule has 0 aliphatic carbocycles. The molecule has 0 unspecified atom stereocenters. The van der Waals surface area contributed by atoms with E-state index in [9.17, 15) is 14.4 Å². The van der Waals surface area contributed by atoms with Crippen molar-refractivity contribution in [1.29, 1.82) is 0 Å². The lowest BCUT2D eigenvalue weighted by Crippen LogP contribution is -2.48. The van der Waals surface area contributed by atoms with Crippen molar-refractivity contribution in [3.05, 3.63) is 83.4 Å². The summed E-state index contributed by atoms with van der Waals surface area (Å²) in [6.45, 7) is 6.83. The van der Waals surface area contributed by atoms with E-state index in [-0.39, 0.29) is 17.6 Å². The molecule has 32 heavy (non-hydrogen) atoms. The second-order valence-electron chi connectivity index (χ2n) is 7.85. The van der Waals surface area contributed by atoms with Crippen LogP contribution in [-0.4, -0.2) is 60.1 Å². The highest BCUT2D eigenvalue weighted by atomic mass is 16.2. The highest BCUT2D eigenvalue weighted by Crippen LogP contribution is 2.12. The molecule has 0 bridgehead atoms. The van der Waals surface area contributed by atoms with Gasteiger partial charge >= 0.3 is 0 Å². The van der Waals surface area contributed by atoms with E-state index >= 15 is 0 Å². The number of rotatable bonds is 7. The standard InChI is InChI=1S/C26H29N3O3/c1-20(26(32)27-24-12-10-23(11-13-24)21(2)30)19-25(31)29-17-15-28(16-18-29)14-6-9-22-7-4-3-5-8-22/h3-13,19H,14-18H2,1-2H3,(H,27,32)/b9-6+,20-19-. The van der Waals surface area contributed by atoms with E-state index in [1.54, 1.807) is 36.1 Å². The van der Waals surface area contributed by atoms with Crippen LogP contribution in [0.1, 0.15) is 29.8 Å². The molecule has 1 fully saturated rings. The van der Waals surface area contributed by atoms with Gasteiger partial charge in [0.1, 0.15) is 0 Å². The summed E-state index contributed by atoms with van der Waals surface area (Å²) in [6, 6.07) is 16.9. The van der Waals surface area contributed by atoms with Crippen LogP contribution in [0.2, 0.25) is 0 Å². The number of amides is 2. The SMILES string of the molecule is CC(=O)c1ccc(NC(=O)/C(C)=C\C(=O)N2CCN(C/C=C/c3ccccc3)CC2)cc1. The van der Waals surface area contributed by atoms with E-state index in [0.29, 0.717) is 29.9 Å². The van der Waals surface area contributed by atoms with Crippen LogP contribution < -0.4 is 5.32 Å². The van der Waals surface area contributed by atoms with E-state index in [1.807, 2.05) is 18.2 Å². The van der Waals surface area contributed by atoms with Crippen LogP contribution in [-0.2, 0) is 9.59 Å². The lowest BCUT2D eigenvalue weighted by Gasteiger charge is -2.33. The summed E-state index contributed by atoms with van der Waals surface area (Å²) < 4.78 is 0. The van der Waals surface area contributed by atoms with Crippen LogP contribution in [0.4, 0.5) is 5.69 Å². The van der Waals surface area contributed by atoms with E-state index in [0.717, 1.165) is 19.6 Å². The summed E-state index contributed by atoms with van der Waals surface area (Å²) in [5, 5.41) is 2.75. The number of hydrogen-bond donors (Lipinski definition) is 1.